The normalized spacial score (nSPS) is 11.2. The summed E-state index contributed by atoms with van der Waals surface area (Å²) in [6, 6.07) is 12.9. The predicted molar refractivity (Wildman–Crippen MR) is 70.6 cm³/mol. The van der Waals surface area contributed by atoms with Crippen LogP contribution in [0.1, 0.15) is 17.3 Å². The second-order valence-electron chi connectivity index (χ2n) is 3.85. The summed E-state index contributed by atoms with van der Waals surface area (Å²) >= 11 is 0. The van der Waals surface area contributed by atoms with Gasteiger partial charge in [0.05, 0.1) is 0 Å². The molecule has 3 N–H and O–H groups in total. The lowest BCUT2D eigenvalue weighted by Gasteiger charge is -1.96. The quantitative estimate of drug-likeness (QED) is 0.794. The molecule has 0 saturated heterocycles. The Morgan fingerprint density at radius 3 is 2.28 bits per heavy atom. The summed E-state index contributed by atoms with van der Waals surface area (Å²) in [5.74, 6) is -0.963. The highest BCUT2D eigenvalue weighted by molar-refractivity contribution is 5.88. The molecule has 0 aliphatic rings. The molecule has 0 aromatic heterocycles. The van der Waals surface area contributed by atoms with Gasteiger partial charge in [0, 0.05) is 5.56 Å². The van der Waals surface area contributed by atoms with E-state index in [0.29, 0.717) is 0 Å². The maximum Gasteiger partial charge on any atom is 0.320 e. The number of aldehydes is 1. The predicted octanol–water partition coefficient (Wildman–Crippen LogP) is 2.07. The van der Waals surface area contributed by atoms with Crippen LogP contribution >= 0.6 is 0 Å². The van der Waals surface area contributed by atoms with Crippen LogP contribution < -0.4 is 5.73 Å². The smallest absolute Gasteiger partial charge is 0.320 e. The largest absolute Gasteiger partial charge is 0.480 e. The first-order valence-corrected chi connectivity index (χ1v) is 5.47. The van der Waals surface area contributed by atoms with Crippen molar-refractivity contribution in [1.82, 2.24) is 0 Å². The maximum absolute atomic E-state index is 10.5. The second kappa shape index (κ2) is 6.51. The molecule has 0 bridgehead atoms. The Kier molecular flexibility index (Phi) is 5.02. The van der Waals surface area contributed by atoms with Crippen molar-refractivity contribution in [2.24, 2.45) is 5.73 Å². The van der Waals surface area contributed by atoms with Crippen molar-refractivity contribution in [2.45, 2.75) is 13.0 Å². The van der Waals surface area contributed by atoms with E-state index in [4.69, 9.17) is 10.8 Å². The van der Waals surface area contributed by atoms with E-state index >= 15 is 0 Å². The monoisotopic (exact) mass is 245 g/mol. The fourth-order valence-corrected chi connectivity index (χ4v) is 1.28. The van der Waals surface area contributed by atoms with Crippen molar-refractivity contribution in [1.29, 1.82) is 0 Å². The Hall–Kier alpha value is -2.20. The average molecular weight is 245 g/mol. The van der Waals surface area contributed by atoms with E-state index in [2.05, 4.69) is 0 Å². The van der Waals surface area contributed by atoms with Gasteiger partial charge in [0.15, 0.2) is 0 Å². The van der Waals surface area contributed by atoms with E-state index in [9.17, 15) is 9.59 Å². The van der Waals surface area contributed by atoms with E-state index in [-0.39, 0.29) is 0 Å². The van der Waals surface area contributed by atoms with E-state index < -0.39 is 12.0 Å². The van der Waals surface area contributed by atoms with E-state index in [0.717, 1.165) is 17.2 Å². The fraction of sp³-hybridized carbons (Fsp3) is 0.143. The van der Waals surface area contributed by atoms with Crippen molar-refractivity contribution in [3.63, 3.8) is 0 Å². The highest BCUT2D eigenvalue weighted by Crippen LogP contribution is 2.14. The lowest BCUT2D eigenvalue weighted by molar-refractivity contribution is -0.138. The van der Waals surface area contributed by atoms with E-state index in [1.54, 1.807) is 0 Å². The van der Waals surface area contributed by atoms with Gasteiger partial charge in [-0.05, 0) is 23.8 Å². The van der Waals surface area contributed by atoms with Crippen LogP contribution in [0.5, 0.6) is 0 Å². The number of aliphatic carboxylic acids is 1. The van der Waals surface area contributed by atoms with Crippen LogP contribution in [-0.4, -0.2) is 23.4 Å². The van der Waals surface area contributed by atoms with Crippen LogP contribution in [0.4, 0.5) is 0 Å². The first-order valence-electron chi connectivity index (χ1n) is 5.47. The molecule has 0 aliphatic carbocycles. The van der Waals surface area contributed by atoms with Gasteiger partial charge in [-0.3, -0.25) is 9.59 Å². The zero-order valence-corrected chi connectivity index (χ0v) is 10.0. The summed E-state index contributed by atoms with van der Waals surface area (Å²) in [4.78, 5) is 20.0. The van der Waals surface area contributed by atoms with Gasteiger partial charge in [-0.2, -0.15) is 0 Å². The van der Waals surface area contributed by atoms with E-state index in [1.165, 1.54) is 12.3 Å². The number of carbonyl (C=O) groups excluding carboxylic acids is 1. The zero-order chi connectivity index (χ0) is 13.5. The lowest BCUT2D eigenvalue weighted by atomic mass is 10.1. The molecule has 2 aromatic carbocycles. The number of nitrogens with two attached hydrogens (primary N) is 1. The first-order chi connectivity index (χ1) is 8.54. The van der Waals surface area contributed by atoms with Crippen molar-refractivity contribution in [2.75, 3.05) is 0 Å². The van der Waals surface area contributed by atoms with Crippen molar-refractivity contribution in [3.05, 3.63) is 48.0 Å². The molecular formula is C14H15NO3. The molecule has 0 amide bonds. The molecule has 0 radical (unpaired) electrons. The topological polar surface area (TPSA) is 80.4 Å². The zero-order valence-electron chi connectivity index (χ0n) is 10.0. The first kappa shape index (κ1) is 13.9. The van der Waals surface area contributed by atoms with Crippen molar-refractivity contribution >= 4 is 23.0 Å². The molecule has 0 saturated carbocycles. The molecule has 0 heterocycles. The molecule has 0 fully saturated rings. The number of rotatable bonds is 2. The average Bonchev–Trinajstić information content (AvgIpc) is 2.38. The van der Waals surface area contributed by atoms with Gasteiger partial charge in [0.2, 0.25) is 0 Å². The Bertz CT molecular complexity index is 549. The number of carboxylic acids is 1. The summed E-state index contributed by atoms with van der Waals surface area (Å²) in [5.41, 5.74) is 5.57. The maximum atomic E-state index is 10.5. The Labute approximate surface area is 105 Å². The summed E-state index contributed by atoms with van der Waals surface area (Å²) in [6.45, 7) is 1.42. The van der Waals surface area contributed by atoms with Gasteiger partial charge >= 0.3 is 5.97 Å². The van der Waals surface area contributed by atoms with Crippen LogP contribution in [-0.2, 0) is 4.79 Å². The number of benzene rings is 2. The van der Waals surface area contributed by atoms with Gasteiger partial charge in [-0.15, -0.1) is 0 Å². The molecule has 2 aromatic rings. The summed E-state index contributed by atoms with van der Waals surface area (Å²) < 4.78 is 0. The Morgan fingerprint density at radius 2 is 1.78 bits per heavy atom. The minimum atomic E-state index is -0.963. The van der Waals surface area contributed by atoms with Gasteiger partial charge in [0.25, 0.3) is 0 Å². The summed E-state index contributed by atoms with van der Waals surface area (Å²) in [7, 11) is 0. The SMILES string of the molecule is C[C@H](N)C(=O)O.O=Cc1ccc2ccccc2c1. The van der Waals surface area contributed by atoms with Crippen molar-refractivity contribution in [3.8, 4) is 0 Å². The van der Waals surface area contributed by atoms with Crippen LogP contribution in [0.2, 0.25) is 0 Å². The minimum absolute atomic E-state index is 0.730. The Balaban J connectivity index is 0.000000232. The third-order valence-electron chi connectivity index (χ3n) is 2.30. The second-order valence-corrected chi connectivity index (χ2v) is 3.85. The van der Waals surface area contributed by atoms with Gasteiger partial charge in [-0.1, -0.05) is 36.4 Å². The summed E-state index contributed by atoms with van der Waals surface area (Å²) in [5, 5.41) is 10.1. The van der Waals surface area contributed by atoms with Gasteiger partial charge < -0.3 is 10.8 Å². The fourth-order valence-electron chi connectivity index (χ4n) is 1.28. The highest BCUT2D eigenvalue weighted by atomic mass is 16.4. The molecule has 2 rings (SSSR count). The minimum Gasteiger partial charge on any atom is -0.480 e. The summed E-state index contributed by atoms with van der Waals surface area (Å²) in [6.07, 6.45) is 0.867. The standard InChI is InChI=1S/C11H8O.C3H7NO2/c12-8-9-5-6-10-3-1-2-4-11(10)7-9;1-2(4)3(5)6/h1-8H;2H,4H2,1H3,(H,5,6)/t;2-/m.0/s1. The molecule has 0 aliphatic heterocycles. The molecule has 0 spiro atoms. The molecule has 94 valence electrons. The molecule has 0 unspecified atom stereocenters. The molecule has 18 heavy (non-hydrogen) atoms. The molecule has 1 atom stereocenters. The number of hydrogen-bond donors (Lipinski definition) is 2. The molecular weight excluding hydrogens is 230 g/mol. The van der Waals surface area contributed by atoms with Crippen LogP contribution in [0, 0.1) is 0 Å². The van der Waals surface area contributed by atoms with Crippen LogP contribution in [0.3, 0.4) is 0 Å². The number of carboxylic acid groups (broad SMARTS) is 1. The van der Waals surface area contributed by atoms with Gasteiger partial charge in [0.1, 0.15) is 12.3 Å². The third-order valence-corrected chi connectivity index (χ3v) is 2.30. The molecule has 4 nitrogen and oxygen atoms in total. The van der Waals surface area contributed by atoms with E-state index in [1.807, 2.05) is 42.5 Å². The third kappa shape index (κ3) is 3.99. The number of carbonyl (C=O) groups is 2. The molecule has 4 heteroatoms. The number of hydrogen-bond acceptors (Lipinski definition) is 3. The Morgan fingerprint density at radius 1 is 1.22 bits per heavy atom. The van der Waals surface area contributed by atoms with Crippen molar-refractivity contribution < 1.29 is 14.7 Å². The van der Waals surface area contributed by atoms with Crippen LogP contribution in [0.15, 0.2) is 42.5 Å². The lowest BCUT2D eigenvalue weighted by Crippen LogP contribution is -2.25. The highest BCUT2D eigenvalue weighted by Gasteiger charge is 1.99. The number of fused-ring (bicyclic) bond motifs is 1. The van der Waals surface area contributed by atoms with Gasteiger partial charge in [-0.25, -0.2) is 0 Å². The van der Waals surface area contributed by atoms with Crippen LogP contribution in [0.25, 0.3) is 10.8 Å².